The fourth-order valence-electron chi connectivity index (χ4n) is 1.38. The summed E-state index contributed by atoms with van der Waals surface area (Å²) in [6, 6.07) is 0. The van der Waals surface area contributed by atoms with E-state index in [0.29, 0.717) is 5.57 Å². The summed E-state index contributed by atoms with van der Waals surface area (Å²) in [6.45, 7) is 3.39. The molecule has 0 aromatic carbocycles. The minimum Gasteiger partial charge on any atom is -0.494 e. The molecule has 0 aromatic heterocycles. The lowest BCUT2D eigenvalue weighted by Crippen LogP contribution is -2.34. The second-order valence-electron chi connectivity index (χ2n) is 3.51. The average molecular weight is 214 g/mol. The highest BCUT2D eigenvalue weighted by atomic mass is 16.5. The molecule has 0 unspecified atom stereocenters. The fraction of sp³-hybridized carbons (Fsp3) is 0.667. The Morgan fingerprint density at radius 3 is 2.67 bits per heavy atom. The van der Waals surface area contributed by atoms with E-state index < -0.39 is 0 Å². The highest BCUT2D eigenvalue weighted by molar-refractivity contribution is 5.90. The van der Waals surface area contributed by atoms with Crippen molar-refractivity contribution in [3.05, 3.63) is 11.5 Å². The molecule has 6 N–H and O–H groups in total. The molecule has 0 spiro atoms. The smallest absolute Gasteiger partial charge is 0.214 e. The first kappa shape index (κ1) is 11.8. The molecule has 0 saturated carbocycles. The Morgan fingerprint density at radius 2 is 2.13 bits per heavy atom. The third-order valence-corrected chi connectivity index (χ3v) is 2.40. The van der Waals surface area contributed by atoms with Gasteiger partial charge in [-0.3, -0.25) is 10.8 Å². The predicted molar refractivity (Wildman–Crippen MR) is 57.4 cm³/mol. The number of piperidine rings is 1. The minimum atomic E-state index is -0.228. The first-order valence-corrected chi connectivity index (χ1v) is 4.98. The summed E-state index contributed by atoms with van der Waals surface area (Å²) in [5.41, 5.74) is 2.40. The van der Waals surface area contributed by atoms with E-state index in [1.54, 1.807) is 6.92 Å². The molecule has 0 aliphatic carbocycles. The first-order chi connectivity index (χ1) is 7.15. The zero-order valence-electron chi connectivity index (χ0n) is 8.84. The van der Waals surface area contributed by atoms with Gasteiger partial charge in [-0.25, -0.2) is 5.84 Å². The molecule has 0 amide bonds. The number of hydrazine groups is 1. The molecule has 0 bridgehead atoms. The highest BCUT2D eigenvalue weighted by Crippen LogP contribution is 2.11. The Kier molecular flexibility index (Phi) is 4.38. The SMILES string of the molecule is C/C(C(=N)OC1CCNCC1)=C(\O)NN. The van der Waals surface area contributed by atoms with Crippen LogP contribution in [-0.2, 0) is 4.74 Å². The number of nitrogens with two attached hydrogens (primary N) is 1. The number of hydrogen-bond acceptors (Lipinski definition) is 6. The van der Waals surface area contributed by atoms with Gasteiger partial charge < -0.3 is 15.2 Å². The van der Waals surface area contributed by atoms with Crippen molar-refractivity contribution < 1.29 is 9.84 Å². The van der Waals surface area contributed by atoms with Gasteiger partial charge in [-0.15, -0.1) is 0 Å². The van der Waals surface area contributed by atoms with E-state index in [-0.39, 0.29) is 17.9 Å². The van der Waals surface area contributed by atoms with Crippen molar-refractivity contribution in [3.63, 3.8) is 0 Å². The summed E-state index contributed by atoms with van der Waals surface area (Å²) in [5, 5.41) is 20.1. The lowest BCUT2D eigenvalue weighted by Gasteiger charge is -2.24. The number of aliphatic hydroxyl groups excluding tert-OH is 1. The molecule has 6 nitrogen and oxygen atoms in total. The van der Waals surface area contributed by atoms with E-state index in [9.17, 15) is 5.11 Å². The molecule has 86 valence electrons. The number of hydrogen-bond donors (Lipinski definition) is 5. The molecule has 0 radical (unpaired) electrons. The number of ether oxygens (including phenoxy) is 1. The van der Waals surface area contributed by atoms with Gasteiger partial charge in [0.25, 0.3) is 0 Å². The largest absolute Gasteiger partial charge is 0.494 e. The third kappa shape index (κ3) is 3.41. The van der Waals surface area contributed by atoms with Crippen LogP contribution in [0, 0.1) is 5.41 Å². The van der Waals surface area contributed by atoms with Crippen molar-refractivity contribution >= 4 is 5.90 Å². The summed E-state index contributed by atoms with van der Waals surface area (Å²) in [6.07, 6.45) is 1.82. The molecule has 1 aliphatic rings. The normalized spacial score (nSPS) is 19.3. The van der Waals surface area contributed by atoms with Crippen LogP contribution in [0.2, 0.25) is 0 Å². The Hall–Kier alpha value is -1.27. The minimum absolute atomic E-state index is 0.0302. The van der Waals surface area contributed by atoms with Crippen LogP contribution in [0.4, 0.5) is 0 Å². The average Bonchev–Trinajstić information content (AvgIpc) is 2.28. The molecule has 1 saturated heterocycles. The molecule has 15 heavy (non-hydrogen) atoms. The van der Waals surface area contributed by atoms with Crippen molar-refractivity contribution in [1.82, 2.24) is 10.7 Å². The van der Waals surface area contributed by atoms with Crippen LogP contribution in [0.15, 0.2) is 11.5 Å². The Labute approximate surface area is 89.0 Å². The zero-order valence-corrected chi connectivity index (χ0v) is 8.84. The summed E-state index contributed by atoms with van der Waals surface area (Å²) in [7, 11) is 0. The van der Waals surface area contributed by atoms with Gasteiger partial charge in [0.15, 0.2) is 0 Å². The standard InChI is InChI=1S/C9H18N4O2/c1-6(9(14)13-11)8(10)15-7-2-4-12-5-3-7/h7,10,12-14H,2-5,11H2,1H3/b9-6+,10-8?. The van der Waals surface area contributed by atoms with Crippen LogP contribution in [0.5, 0.6) is 0 Å². The topological polar surface area (TPSA) is 103 Å². The van der Waals surface area contributed by atoms with Crippen molar-refractivity contribution in [3.8, 4) is 0 Å². The molecular formula is C9H18N4O2. The summed E-state index contributed by atoms with van der Waals surface area (Å²) >= 11 is 0. The number of rotatable bonds is 3. The number of aliphatic hydroxyl groups is 1. The fourth-order valence-corrected chi connectivity index (χ4v) is 1.38. The van der Waals surface area contributed by atoms with E-state index in [0.717, 1.165) is 25.9 Å². The maximum Gasteiger partial charge on any atom is 0.214 e. The summed E-state index contributed by atoms with van der Waals surface area (Å²) in [5.74, 6) is 4.77. The first-order valence-electron chi connectivity index (χ1n) is 4.98. The van der Waals surface area contributed by atoms with E-state index in [1.807, 2.05) is 0 Å². The van der Waals surface area contributed by atoms with E-state index >= 15 is 0 Å². The van der Waals surface area contributed by atoms with Gasteiger partial charge in [0.2, 0.25) is 11.8 Å². The maximum absolute atomic E-state index is 9.24. The van der Waals surface area contributed by atoms with Gasteiger partial charge in [-0.05, 0) is 32.9 Å². The maximum atomic E-state index is 9.24. The molecule has 0 atom stereocenters. The van der Waals surface area contributed by atoms with E-state index in [2.05, 4.69) is 10.7 Å². The van der Waals surface area contributed by atoms with Gasteiger partial charge in [-0.1, -0.05) is 0 Å². The van der Waals surface area contributed by atoms with Gasteiger partial charge in [-0.2, -0.15) is 0 Å². The van der Waals surface area contributed by atoms with Gasteiger partial charge in [0.1, 0.15) is 6.10 Å². The van der Waals surface area contributed by atoms with Crippen LogP contribution < -0.4 is 16.6 Å². The Bertz CT molecular complexity index is 259. The second kappa shape index (κ2) is 5.57. The van der Waals surface area contributed by atoms with E-state index in [1.165, 1.54) is 0 Å². The van der Waals surface area contributed by atoms with Crippen molar-refractivity contribution in [2.75, 3.05) is 13.1 Å². The van der Waals surface area contributed by atoms with Crippen LogP contribution in [-0.4, -0.2) is 30.2 Å². The van der Waals surface area contributed by atoms with Crippen molar-refractivity contribution in [2.45, 2.75) is 25.9 Å². The van der Waals surface area contributed by atoms with Crippen LogP contribution >= 0.6 is 0 Å². The molecule has 0 aromatic rings. The monoisotopic (exact) mass is 214 g/mol. The van der Waals surface area contributed by atoms with Gasteiger partial charge in [0.05, 0.1) is 5.57 Å². The molecule has 1 aliphatic heterocycles. The number of nitrogens with one attached hydrogen (secondary N) is 3. The molecule has 1 heterocycles. The quantitative estimate of drug-likeness (QED) is 0.149. The Morgan fingerprint density at radius 1 is 1.53 bits per heavy atom. The summed E-state index contributed by atoms with van der Waals surface area (Å²) < 4.78 is 5.41. The lowest BCUT2D eigenvalue weighted by atomic mass is 10.1. The summed E-state index contributed by atoms with van der Waals surface area (Å²) in [4.78, 5) is 0. The van der Waals surface area contributed by atoms with Gasteiger partial charge in [0, 0.05) is 0 Å². The van der Waals surface area contributed by atoms with Crippen molar-refractivity contribution in [1.29, 1.82) is 5.41 Å². The van der Waals surface area contributed by atoms with Crippen LogP contribution in [0.3, 0.4) is 0 Å². The van der Waals surface area contributed by atoms with Crippen molar-refractivity contribution in [2.24, 2.45) is 5.84 Å². The highest BCUT2D eigenvalue weighted by Gasteiger charge is 2.17. The zero-order chi connectivity index (χ0) is 11.3. The van der Waals surface area contributed by atoms with Gasteiger partial charge >= 0.3 is 0 Å². The van der Waals surface area contributed by atoms with Crippen LogP contribution in [0.1, 0.15) is 19.8 Å². The lowest BCUT2D eigenvalue weighted by molar-refractivity contribution is 0.148. The molecule has 6 heteroatoms. The third-order valence-electron chi connectivity index (χ3n) is 2.40. The molecular weight excluding hydrogens is 196 g/mol. The van der Waals surface area contributed by atoms with Crippen LogP contribution in [0.25, 0.3) is 0 Å². The predicted octanol–water partition coefficient (Wildman–Crippen LogP) is -0.0149. The Balaban J connectivity index is 2.47. The second-order valence-corrected chi connectivity index (χ2v) is 3.51. The molecule has 1 rings (SSSR count). The van der Waals surface area contributed by atoms with E-state index in [4.69, 9.17) is 16.0 Å². The molecule has 1 fully saturated rings.